The Labute approximate surface area is 117 Å². The maximum absolute atomic E-state index is 10.2. The molecule has 0 aromatic carbocycles. The molecule has 0 aliphatic heterocycles. The van der Waals surface area contributed by atoms with Crippen LogP contribution in [-0.4, -0.2) is 47.8 Å². The van der Waals surface area contributed by atoms with Gasteiger partial charge in [-0.1, -0.05) is 24.0 Å². The molecule has 0 atom stereocenters. The topological polar surface area (TPSA) is 60.4 Å². The molecular weight excluding hydrogens is 253 g/mol. The fraction of sp³-hybridized carbons (Fsp3) is 0.833. The molecule has 14 heavy (non-hydrogen) atoms. The van der Waals surface area contributed by atoms with Crippen molar-refractivity contribution >= 4 is 38.4 Å². The van der Waals surface area contributed by atoms with Crippen molar-refractivity contribution < 1.29 is 42.5 Å². The second kappa shape index (κ2) is 8.32. The molecule has 0 radical (unpaired) electrons. The summed E-state index contributed by atoms with van der Waals surface area (Å²) in [6.45, 7) is 0. The van der Waals surface area contributed by atoms with E-state index in [2.05, 4.69) is 0 Å². The van der Waals surface area contributed by atoms with Gasteiger partial charge >= 0.3 is 29.6 Å². The van der Waals surface area contributed by atoms with Crippen LogP contribution < -0.4 is 29.6 Å². The number of thioether (sulfide) groups is 1. The molecule has 0 aromatic heterocycles. The van der Waals surface area contributed by atoms with E-state index < -0.39 is 10.1 Å². The molecule has 0 saturated heterocycles. The van der Waals surface area contributed by atoms with E-state index in [0.717, 1.165) is 0 Å². The van der Waals surface area contributed by atoms with Crippen LogP contribution in [0.4, 0.5) is 0 Å². The zero-order valence-corrected chi connectivity index (χ0v) is 13.0. The fourth-order valence-corrected chi connectivity index (χ4v) is 2.18. The minimum atomic E-state index is -4.06. The van der Waals surface area contributed by atoms with Crippen LogP contribution in [0.2, 0.25) is 0 Å². The van der Waals surface area contributed by atoms with Crippen molar-refractivity contribution in [3.8, 4) is 0 Å². The minimum Gasteiger partial charge on any atom is -0.748 e. The van der Waals surface area contributed by atoms with Crippen molar-refractivity contribution in [2.75, 3.05) is 25.6 Å². The molecule has 0 unspecified atom stereocenters. The van der Waals surface area contributed by atoms with Gasteiger partial charge in [-0.05, 0) is 6.42 Å². The van der Waals surface area contributed by atoms with Crippen molar-refractivity contribution in [3.63, 3.8) is 0 Å². The van der Waals surface area contributed by atoms with Gasteiger partial charge in [-0.15, -0.1) is 0 Å². The molecule has 0 aliphatic carbocycles. The minimum absolute atomic E-state index is 0. The molecule has 8 heteroatoms. The maximum Gasteiger partial charge on any atom is 1.00 e. The Morgan fingerprint density at radius 1 is 1.50 bits per heavy atom. The Kier molecular flexibility index (Phi) is 10.4. The molecule has 0 rings (SSSR count). The third kappa shape index (κ3) is 11.2. The third-order valence-electron chi connectivity index (χ3n) is 1.13. The standard InChI is InChI=1S/C6H13NO3S3.Na/c1-7(2)6(11)12-4-3-5-13(8,9)10;/h3-5H2,1-2H3,(H,8,9,10);/q;+1/p-1. The van der Waals surface area contributed by atoms with E-state index >= 15 is 0 Å². The van der Waals surface area contributed by atoms with Gasteiger partial charge in [0.2, 0.25) is 0 Å². The van der Waals surface area contributed by atoms with E-state index in [4.69, 9.17) is 12.2 Å². The van der Waals surface area contributed by atoms with Crippen molar-refractivity contribution in [2.45, 2.75) is 6.42 Å². The van der Waals surface area contributed by atoms with Gasteiger partial charge in [0, 0.05) is 25.6 Å². The molecule has 0 fully saturated rings. The van der Waals surface area contributed by atoms with E-state index in [0.29, 0.717) is 16.5 Å². The first-order valence-corrected chi connectivity index (χ1v) is 6.57. The Bertz CT molecular complexity index is 265. The predicted octanol–water partition coefficient (Wildman–Crippen LogP) is -2.49. The van der Waals surface area contributed by atoms with Crippen LogP contribution in [0, 0.1) is 0 Å². The second-order valence-electron chi connectivity index (χ2n) is 2.62. The third-order valence-corrected chi connectivity index (χ3v) is 3.74. The molecule has 0 N–H and O–H groups in total. The Morgan fingerprint density at radius 3 is 2.36 bits per heavy atom. The molecule has 0 bridgehead atoms. The van der Waals surface area contributed by atoms with Gasteiger partial charge in [-0.3, -0.25) is 0 Å². The van der Waals surface area contributed by atoms with Crippen molar-refractivity contribution in [1.29, 1.82) is 0 Å². The van der Waals surface area contributed by atoms with Crippen LogP contribution in [0.1, 0.15) is 6.42 Å². The Balaban J connectivity index is 0. The van der Waals surface area contributed by atoms with E-state index in [1.807, 2.05) is 14.1 Å². The second-order valence-corrected chi connectivity index (χ2v) is 5.88. The molecule has 78 valence electrons. The zero-order valence-electron chi connectivity index (χ0n) is 8.52. The summed E-state index contributed by atoms with van der Waals surface area (Å²) in [4.78, 5) is 1.77. The molecule has 0 spiro atoms. The number of nitrogens with zero attached hydrogens (tertiary/aromatic N) is 1. The van der Waals surface area contributed by atoms with E-state index in [-0.39, 0.29) is 35.3 Å². The average Bonchev–Trinajstić information content (AvgIpc) is 1.95. The van der Waals surface area contributed by atoms with Gasteiger partial charge in [0.15, 0.2) is 0 Å². The van der Waals surface area contributed by atoms with Crippen molar-refractivity contribution in [3.05, 3.63) is 0 Å². The largest absolute Gasteiger partial charge is 1.00 e. The SMILES string of the molecule is CN(C)C(=S)SCCCS(=O)(=O)[O-].[Na+]. The van der Waals surface area contributed by atoms with Gasteiger partial charge in [0.1, 0.15) is 4.32 Å². The summed E-state index contributed by atoms with van der Waals surface area (Å²) in [6.07, 6.45) is 0.352. The van der Waals surface area contributed by atoms with E-state index in [9.17, 15) is 13.0 Å². The number of thiocarbonyl (C=S) groups is 1. The van der Waals surface area contributed by atoms with Gasteiger partial charge in [-0.2, -0.15) is 0 Å². The molecule has 0 aromatic rings. The van der Waals surface area contributed by atoms with Crippen LogP contribution in [0.25, 0.3) is 0 Å². The zero-order chi connectivity index (χ0) is 10.5. The molecule has 0 heterocycles. The molecular formula is C6H12NNaO3S3. The molecule has 0 aliphatic rings. The first-order valence-electron chi connectivity index (χ1n) is 3.60. The predicted molar refractivity (Wildman–Crippen MR) is 57.9 cm³/mol. The van der Waals surface area contributed by atoms with Gasteiger partial charge in [-0.25, -0.2) is 8.42 Å². The molecule has 4 nitrogen and oxygen atoms in total. The maximum atomic E-state index is 10.2. The van der Waals surface area contributed by atoms with Gasteiger partial charge in [0.05, 0.1) is 10.1 Å². The number of rotatable bonds is 4. The van der Waals surface area contributed by atoms with Crippen molar-refractivity contribution in [2.24, 2.45) is 0 Å². The van der Waals surface area contributed by atoms with Crippen LogP contribution in [0.15, 0.2) is 0 Å². The fourth-order valence-electron chi connectivity index (χ4n) is 0.524. The normalized spacial score (nSPS) is 10.5. The summed E-state index contributed by atoms with van der Waals surface area (Å²) in [7, 11) is -0.424. The number of hydrogen-bond acceptors (Lipinski definition) is 5. The van der Waals surface area contributed by atoms with Crippen LogP contribution in [0.3, 0.4) is 0 Å². The summed E-state index contributed by atoms with van der Waals surface area (Å²) in [5, 5.41) is 0. The van der Waals surface area contributed by atoms with Crippen LogP contribution >= 0.6 is 24.0 Å². The first kappa shape index (κ1) is 17.5. The summed E-state index contributed by atoms with van der Waals surface area (Å²) in [6, 6.07) is 0. The molecule has 0 saturated carbocycles. The Hall–Kier alpha value is 1.15. The quantitative estimate of drug-likeness (QED) is 0.242. The average molecular weight is 265 g/mol. The Morgan fingerprint density at radius 2 is 2.00 bits per heavy atom. The molecule has 0 amide bonds. The summed E-state index contributed by atoms with van der Waals surface area (Å²) in [5.41, 5.74) is 0. The first-order chi connectivity index (χ1) is 5.83. The summed E-state index contributed by atoms with van der Waals surface area (Å²) >= 11 is 6.33. The summed E-state index contributed by atoms with van der Waals surface area (Å²) in [5.74, 6) is 0.258. The van der Waals surface area contributed by atoms with E-state index in [1.165, 1.54) is 11.8 Å². The van der Waals surface area contributed by atoms with Crippen molar-refractivity contribution in [1.82, 2.24) is 4.90 Å². The monoisotopic (exact) mass is 265 g/mol. The number of hydrogen-bond donors (Lipinski definition) is 0. The van der Waals surface area contributed by atoms with Crippen LogP contribution in [0.5, 0.6) is 0 Å². The van der Waals surface area contributed by atoms with Gasteiger partial charge < -0.3 is 9.45 Å². The van der Waals surface area contributed by atoms with Crippen LogP contribution in [-0.2, 0) is 10.1 Å². The summed E-state index contributed by atoms with van der Waals surface area (Å²) < 4.78 is 31.3. The smallest absolute Gasteiger partial charge is 0.748 e. The van der Waals surface area contributed by atoms with E-state index in [1.54, 1.807) is 4.90 Å². The van der Waals surface area contributed by atoms with Gasteiger partial charge in [0.25, 0.3) is 0 Å².